The first kappa shape index (κ1) is 25.2. The van der Waals surface area contributed by atoms with Gasteiger partial charge in [0.2, 0.25) is 0 Å². The van der Waals surface area contributed by atoms with Crippen LogP contribution in [0.15, 0.2) is 35.6 Å². The first-order valence-electron chi connectivity index (χ1n) is 10.6. The summed E-state index contributed by atoms with van der Waals surface area (Å²) in [5, 5.41) is 15.1. The topological polar surface area (TPSA) is 144 Å². The van der Waals surface area contributed by atoms with Crippen LogP contribution in [-0.4, -0.2) is 51.0 Å². The summed E-state index contributed by atoms with van der Waals surface area (Å²) < 4.78 is 37.2. The van der Waals surface area contributed by atoms with Crippen molar-refractivity contribution in [3.05, 3.63) is 58.4 Å². The van der Waals surface area contributed by atoms with E-state index in [1.54, 1.807) is 18.3 Å². The summed E-state index contributed by atoms with van der Waals surface area (Å²) >= 11 is 6.08. The normalized spacial score (nSPS) is 21.9. The van der Waals surface area contributed by atoms with Crippen LogP contribution in [0.3, 0.4) is 0 Å². The number of imidazole rings is 1. The molecule has 1 amide bonds. The zero-order valence-electron chi connectivity index (χ0n) is 19.5. The quantitative estimate of drug-likeness (QED) is 0.327. The molecule has 0 aliphatic carbocycles. The number of aromatic nitrogens is 3. The van der Waals surface area contributed by atoms with Crippen LogP contribution < -0.4 is 10.6 Å². The minimum absolute atomic E-state index is 0.0497. The largest absolute Gasteiger partial charge is 0.465 e. The molecule has 1 unspecified atom stereocenters. The summed E-state index contributed by atoms with van der Waals surface area (Å²) in [5.41, 5.74) is 0.943. The molecule has 4 heterocycles. The lowest BCUT2D eigenvalue weighted by molar-refractivity contribution is 0.199. The number of aliphatic imine (C=N–C) groups is 1. The standard InChI is InChI=1S/C22H26ClFN6O4S/c1-12-16(27-18-6-5-13(23)10-30(12)18)9-26-17-7-14(15(24)8-25-17)22(4)11-35(33,34)21(2,3)19(29-22)28-20(31)32/h5-8,10,33-34H,9,11H2,1-4H3,(H,25,26)(H,28,29)(H,31,32). The summed E-state index contributed by atoms with van der Waals surface area (Å²) in [5.74, 6) is -0.820. The van der Waals surface area contributed by atoms with Gasteiger partial charge in [0.15, 0.2) is 0 Å². The van der Waals surface area contributed by atoms with E-state index in [1.165, 1.54) is 26.8 Å². The van der Waals surface area contributed by atoms with Gasteiger partial charge in [0.25, 0.3) is 0 Å². The molecule has 3 aromatic heterocycles. The summed E-state index contributed by atoms with van der Waals surface area (Å²) in [6, 6.07) is 4.99. The Labute approximate surface area is 207 Å². The van der Waals surface area contributed by atoms with Gasteiger partial charge in [0.1, 0.15) is 33.4 Å². The third-order valence-electron chi connectivity index (χ3n) is 6.25. The van der Waals surface area contributed by atoms with E-state index in [1.807, 2.05) is 11.3 Å². The Hall–Kier alpha value is -2.93. The molecule has 3 aromatic rings. The van der Waals surface area contributed by atoms with E-state index in [-0.39, 0.29) is 23.7 Å². The molecule has 13 heteroatoms. The lowest BCUT2D eigenvalue weighted by Gasteiger charge is -2.53. The van der Waals surface area contributed by atoms with Crippen molar-refractivity contribution in [3.63, 3.8) is 0 Å². The first-order chi connectivity index (χ1) is 16.2. The molecule has 0 spiro atoms. The van der Waals surface area contributed by atoms with Gasteiger partial charge in [-0.2, -0.15) is 10.6 Å². The van der Waals surface area contributed by atoms with Crippen molar-refractivity contribution >= 4 is 45.6 Å². The predicted octanol–water partition coefficient (Wildman–Crippen LogP) is 4.87. The number of amidine groups is 1. The fourth-order valence-electron chi connectivity index (χ4n) is 4.03. The Balaban J connectivity index is 1.67. The van der Waals surface area contributed by atoms with Crippen molar-refractivity contribution in [1.82, 2.24) is 19.7 Å². The number of hydrogen-bond acceptors (Lipinski definition) is 7. The van der Waals surface area contributed by atoms with Gasteiger partial charge in [-0.25, -0.2) is 19.2 Å². The molecule has 5 N–H and O–H groups in total. The Bertz CT molecular complexity index is 1360. The summed E-state index contributed by atoms with van der Waals surface area (Å²) in [6.07, 6.45) is 1.38. The second-order valence-electron chi connectivity index (χ2n) is 9.11. The number of carboxylic acid groups (broad SMARTS) is 1. The van der Waals surface area contributed by atoms with Gasteiger partial charge in [0.05, 0.1) is 29.2 Å². The van der Waals surface area contributed by atoms with Crippen molar-refractivity contribution < 1.29 is 23.4 Å². The van der Waals surface area contributed by atoms with Gasteiger partial charge in [0, 0.05) is 17.5 Å². The third kappa shape index (κ3) is 4.54. The first-order valence-corrected chi connectivity index (χ1v) is 12.7. The molecule has 35 heavy (non-hydrogen) atoms. The molecule has 0 aromatic carbocycles. The highest BCUT2D eigenvalue weighted by Crippen LogP contribution is 2.59. The minimum atomic E-state index is -3.41. The molecule has 1 atom stereocenters. The van der Waals surface area contributed by atoms with Crippen LogP contribution in [0.1, 0.15) is 37.7 Å². The zero-order valence-corrected chi connectivity index (χ0v) is 21.1. The van der Waals surface area contributed by atoms with Crippen LogP contribution in [0.2, 0.25) is 5.02 Å². The minimum Gasteiger partial charge on any atom is -0.465 e. The van der Waals surface area contributed by atoms with Crippen LogP contribution in [0.4, 0.5) is 15.0 Å². The average Bonchev–Trinajstić information content (AvgIpc) is 3.06. The maximum Gasteiger partial charge on any atom is 0.410 e. The van der Waals surface area contributed by atoms with Crippen LogP contribution >= 0.6 is 22.2 Å². The van der Waals surface area contributed by atoms with Crippen LogP contribution in [0, 0.1) is 12.7 Å². The predicted molar refractivity (Wildman–Crippen MR) is 134 cm³/mol. The molecular weight excluding hydrogens is 499 g/mol. The van der Waals surface area contributed by atoms with Gasteiger partial charge >= 0.3 is 6.09 Å². The molecule has 188 valence electrons. The van der Waals surface area contributed by atoms with Gasteiger partial charge in [-0.1, -0.05) is 11.6 Å². The van der Waals surface area contributed by atoms with Crippen molar-refractivity contribution in [2.45, 2.75) is 44.5 Å². The Morgan fingerprint density at radius 2 is 2.03 bits per heavy atom. The number of fused-ring (bicyclic) bond motifs is 1. The third-order valence-corrected chi connectivity index (χ3v) is 9.26. The molecule has 1 aliphatic rings. The lowest BCUT2D eigenvalue weighted by atomic mass is 9.94. The molecule has 4 rings (SSSR count). The number of amides is 1. The molecule has 0 fully saturated rings. The number of aryl methyl sites for hydroxylation is 1. The molecule has 10 nitrogen and oxygen atoms in total. The number of carbonyl (C=O) groups is 1. The van der Waals surface area contributed by atoms with Crippen molar-refractivity contribution in [2.24, 2.45) is 4.99 Å². The maximum absolute atomic E-state index is 15.0. The Morgan fingerprint density at radius 1 is 1.31 bits per heavy atom. The van der Waals surface area contributed by atoms with E-state index in [4.69, 9.17) is 11.6 Å². The molecule has 1 aliphatic heterocycles. The fourth-order valence-corrected chi connectivity index (χ4v) is 5.96. The maximum atomic E-state index is 15.0. The number of nitrogens with one attached hydrogen (secondary N) is 2. The SMILES string of the molecule is Cc1c(CNc2cc(C3(C)CS(O)(O)C(C)(C)C(NC(=O)O)=N3)c(F)cn2)nc2ccc(Cl)cn12. The van der Waals surface area contributed by atoms with E-state index in [2.05, 4.69) is 25.6 Å². The van der Waals surface area contributed by atoms with E-state index < -0.39 is 32.8 Å². The summed E-state index contributed by atoms with van der Waals surface area (Å²) in [7, 11) is -3.41. The monoisotopic (exact) mass is 524 g/mol. The number of rotatable bonds is 4. The highest BCUT2D eigenvalue weighted by molar-refractivity contribution is 8.26. The van der Waals surface area contributed by atoms with Crippen molar-refractivity contribution in [3.8, 4) is 0 Å². The number of hydrogen-bond donors (Lipinski definition) is 5. The Kier molecular flexibility index (Phi) is 6.20. The van der Waals surface area contributed by atoms with E-state index >= 15 is 0 Å². The highest BCUT2D eigenvalue weighted by Gasteiger charge is 2.50. The van der Waals surface area contributed by atoms with E-state index in [0.29, 0.717) is 10.8 Å². The zero-order chi connectivity index (χ0) is 25.8. The van der Waals surface area contributed by atoms with Crippen LogP contribution in [0.25, 0.3) is 5.65 Å². The highest BCUT2D eigenvalue weighted by atomic mass is 35.5. The van der Waals surface area contributed by atoms with Gasteiger partial charge in [-0.15, -0.1) is 0 Å². The van der Waals surface area contributed by atoms with E-state index in [0.717, 1.165) is 23.2 Å². The smallest absolute Gasteiger partial charge is 0.410 e. The average molecular weight is 525 g/mol. The number of pyridine rings is 2. The second-order valence-corrected chi connectivity index (χ2v) is 12.2. The van der Waals surface area contributed by atoms with Crippen molar-refractivity contribution in [2.75, 3.05) is 11.1 Å². The van der Waals surface area contributed by atoms with Crippen molar-refractivity contribution in [1.29, 1.82) is 0 Å². The van der Waals surface area contributed by atoms with Gasteiger partial charge < -0.3 is 14.8 Å². The van der Waals surface area contributed by atoms with Crippen LogP contribution in [-0.2, 0) is 12.1 Å². The second kappa shape index (κ2) is 8.63. The summed E-state index contributed by atoms with van der Waals surface area (Å²) in [6.45, 7) is 6.68. The lowest BCUT2D eigenvalue weighted by Crippen LogP contribution is -2.55. The van der Waals surface area contributed by atoms with Gasteiger partial charge in [-0.3, -0.25) is 19.4 Å². The summed E-state index contributed by atoms with van der Waals surface area (Å²) in [4.78, 5) is 24.4. The Morgan fingerprint density at radius 3 is 2.71 bits per heavy atom. The number of halogens is 2. The van der Waals surface area contributed by atoms with E-state index in [9.17, 15) is 23.4 Å². The number of anilines is 1. The molecular formula is C22H26ClFN6O4S. The molecule has 0 saturated heterocycles. The van der Waals surface area contributed by atoms with Crippen LogP contribution in [0.5, 0.6) is 0 Å². The molecule has 0 radical (unpaired) electrons. The number of nitrogens with zero attached hydrogens (tertiary/aromatic N) is 4. The fraction of sp³-hybridized carbons (Fsp3) is 0.364. The molecule has 0 bridgehead atoms. The molecule has 0 saturated carbocycles. The van der Waals surface area contributed by atoms with Gasteiger partial charge in [-0.05, 0) is 45.9 Å².